The molecular weight excluding hydrogens is 455 g/mol. The lowest BCUT2D eigenvalue weighted by atomic mass is 10.1. The van der Waals surface area contributed by atoms with Crippen LogP contribution in [0.4, 0.5) is 0 Å². The fourth-order valence-electron chi connectivity index (χ4n) is 3.64. The highest BCUT2D eigenvalue weighted by Gasteiger charge is 2.22. The van der Waals surface area contributed by atoms with Crippen LogP contribution in [0.5, 0.6) is 5.75 Å². The molecule has 2 aliphatic rings. The van der Waals surface area contributed by atoms with Crippen LogP contribution in [0.1, 0.15) is 36.5 Å². The summed E-state index contributed by atoms with van der Waals surface area (Å²) in [6, 6.07) is 8.22. The Hall–Kier alpha value is -1.84. The molecule has 0 spiro atoms. The van der Waals surface area contributed by atoms with Crippen molar-refractivity contribution >= 4 is 29.9 Å². The highest BCUT2D eigenvalue weighted by molar-refractivity contribution is 14.0. The van der Waals surface area contributed by atoms with Crippen LogP contribution < -0.4 is 15.4 Å². The van der Waals surface area contributed by atoms with Crippen molar-refractivity contribution in [1.29, 1.82) is 0 Å². The van der Waals surface area contributed by atoms with Gasteiger partial charge in [0.2, 0.25) is 0 Å². The van der Waals surface area contributed by atoms with Crippen molar-refractivity contribution < 1.29 is 4.74 Å². The number of ether oxygens (including phenoxy) is 1. The van der Waals surface area contributed by atoms with E-state index in [1.165, 1.54) is 24.8 Å². The summed E-state index contributed by atoms with van der Waals surface area (Å²) in [6.07, 6.45) is 5.76. The Labute approximate surface area is 177 Å². The molecule has 1 atom stereocenters. The Morgan fingerprint density at radius 2 is 2.11 bits per heavy atom. The van der Waals surface area contributed by atoms with Gasteiger partial charge >= 0.3 is 0 Å². The number of aromatic nitrogens is 3. The number of hydrogen-bond donors (Lipinski definition) is 2. The lowest BCUT2D eigenvalue weighted by Gasteiger charge is -2.15. The number of aryl methyl sites for hydroxylation is 1. The number of nitrogens with zero attached hydrogens (tertiary/aromatic N) is 4. The number of fused-ring (bicyclic) bond motifs is 2. The molecular formula is C19H27IN6O. The number of aliphatic imine (C=N–C) groups is 1. The van der Waals surface area contributed by atoms with Gasteiger partial charge in [-0.2, -0.15) is 0 Å². The number of halogens is 1. The zero-order chi connectivity index (χ0) is 17.8. The van der Waals surface area contributed by atoms with Crippen LogP contribution >= 0.6 is 24.0 Å². The van der Waals surface area contributed by atoms with Crippen LogP contribution in [0, 0.1) is 0 Å². The van der Waals surface area contributed by atoms with Gasteiger partial charge in [0, 0.05) is 26.4 Å². The summed E-state index contributed by atoms with van der Waals surface area (Å²) in [5.41, 5.74) is 1.27. The Balaban J connectivity index is 0.00000210. The van der Waals surface area contributed by atoms with Gasteiger partial charge in [0.25, 0.3) is 0 Å². The van der Waals surface area contributed by atoms with E-state index in [1.807, 2.05) is 12.1 Å². The first-order valence-corrected chi connectivity index (χ1v) is 9.43. The molecule has 3 heterocycles. The SMILES string of the molecule is CN=C(NCc1nnc2n1CCCCC2)NCC1Cc2ccccc2O1.I. The third kappa shape index (κ3) is 4.72. The maximum Gasteiger partial charge on any atom is 0.191 e. The monoisotopic (exact) mass is 482 g/mol. The third-order valence-electron chi connectivity index (χ3n) is 5.03. The minimum absolute atomic E-state index is 0. The van der Waals surface area contributed by atoms with E-state index in [1.54, 1.807) is 7.05 Å². The average molecular weight is 482 g/mol. The lowest BCUT2D eigenvalue weighted by Crippen LogP contribution is -2.42. The van der Waals surface area contributed by atoms with Crippen LogP contribution in [0.15, 0.2) is 29.3 Å². The van der Waals surface area contributed by atoms with Gasteiger partial charge < -0.3 is 19.9 Å². The van der Waals surface area contributed by atoms with Crippen molar-refractivity contribution in [2.24, 2.45) is 4.99 Å². The van der Waals surface area contributed by atoms with Gasteiger partial charge in [0.1, 0.15) is 17.7 Å². The number of nitrogens with one attached hydrogen (secondary N) is 2. The molecule has 8 heteroatoms. The molecule has 0 fully saturated rings. The molecule has 2 aromatic rings. The van der Waals surface area contributed by atoms with Crippen molar-refractivity contribution in [3.8, 4) is 5.75 Å². The number of hydrogen-bond acceptors (Lipinski definition) is 4. The predicted octanol–water partition coefficient (Wildman–Crippen LogP) is 2.29. The van der Waals surface area contributed by atoms with Gasteiger partial charge in [-0.25, -0.2) is 0 Å². The summed E-state index contributed by atoms with van der Waals surface area (Å²) < 4.78 is 8.22. The highest BCUT2D eigenvalue weighted by Crippen LogP contribution is 2.27. The summed E-state index contributed by atoms with van der Waals surface area (Å²) in [5, 5.41) is 15.4. The number of para-hydroxylation sites is 1. The Kier molecular flexibility index (Phi) is 6.92. The van der Waals surface area contributed by atoms with Crippen LogP contribution in [-0.4, -0.2) is 40.4 Å². The smallest absolute Gasteiger partial charge is 0.191 e. The third-order valence-corrected chi connectivity index (χ3v) is 5.03. The molecule has 0 bridgehead atoms. The zero-order valence-electron chi connectivity index (χ0n) is 15.6. The summed E-state index contributed by atoms with van der Waals surface area (Å²) >= 11 is 0. The van der Waals surface area contributed by atoms with Crippen LogP contribution in [0.3, 0.4) is 0 Å². The molecule has 0 radical (unpaired) electrons. The Morgan fingerprint density at radius 1 is 1.22 bits per heavy atom. The van der Waals surface area contributed by atoms with E-state index in [9.17, 15) is 0 Å². The summed E-state index contributed by atoms with van der Waals surface area (Å²) in [5.74, 6) is 3.85. The van der Waals surface area contributed by atoms with Gasteiger partial charge in [-0.1, -0.05) is 24.6 Å². The highest BCUT2D eigenvalue weighted by atomic mass is 127. The van der Waals surface area contributed by atoms with Crippen molar-refractivity contribution in [2.75, 3.05) is 13.6 Å². The van der Waals surface area contributed by atoms with E-state index in [4.69, 9.17) is 4.74 Å². The predicted molar refractivity (Wildman–Crippen MR) is 116 cm³/mol. The largest absolute Gasteiger partial charge is 0.488 e. The fraction of sp³-hybridized carbons (Fsp3) is 0.526. The second-order valence-corrected chi connectivity index (χ2v) is 6.85. The van der Waals surface area contributed by atoms with Gasteiger partial charge in [-0.15, -0.1) is 34.2 Å². The van der Waals surface area contributed by atoms with Crippen LogP contribution in [-0.2, 0) is 25.9 Å². The van der Waals surface area contributed by atoms with E-state index in [0.717, 1.165) is 42.7 Å². The van der Waals surface area contributed by atoms with Crippen molar-refractivity contribution in [1.82, 2.24) is 25.4 Å². The van der Waals surface area contributed by atoms with Crippen molar-refractivity contribution in [2.45, 2.75) is 51.3 Å². The molecule has 1 aromatic heterocycles. The first-order valence-electron chi connectivity index (χ1n) is 9.43. The standard InChI is InChI=1S/C19H26N6O.HI/c1-20-19(21-12-15-11-14-7-4-5-8-16(14)26-15)22-13-18-24-23-17-9-3-2-6-10-25(17)18;/h4-5,7-8,15H,2-3,6,9-13H2,1H3,(H2,20,21,22);1H. The quantitative estimate of drug-likeness (QED) is 0.398. The molecule has 0 saturated carbocycles. The summed E-state index contributed by atoms with van der Waals surface area (Å²) in [4.78, 5) is 4.31. The fourth-order valence-corrected chi connectivity index (χ4v) is 3.64. The van der Waals surface area contributed by atoms with Gasteiger partial charge in [-0.05, 0) is 24.5 Å². The zero-order valence-corrected chi connectivity index (χ0v) is 18.0. The van der Waals surface area contributed by atoms with E-state index in [0.29, 0.717) is 13.1 Å². The van der Waals surface area contributed by atoms with E-state index < -0.39 is 0 Å². The first-order chi connectivity index (χ1) is 12.8. The number of benzene rings is 1. The lowest BCUT2D eigenvalue weighted by molar-refractivity contribution is 0.235. The van der Waals surface area contributed by atoms with E-state index in [-0.39, 0.29) is 30.1 Å². The molecule has 1 unspecified atom stereocenters. The molecule has 2 N–H and O–H groups in total. The van der Waals surface area contributed by atoms with Crippen molar-refractivity contribution in [3.63, 3.8) is 0 Å². The second-order valence-electron chi connectivity index (χ2n) is 6.85. The molecule has 0 amide bonds. The number of rotatable bonds is 4. The normalized spacial score (nSPS) is 18.6. The van der Waals surface area contributed by atoms with Gasteiger partial charge in [0.05, 0.1) is 13.1 Å². The Bertz CT molecular complexity index is 765. The topological polar surface area (TPSA) is 76.4 Å². The van der Waals surface area contributed by atoms with Crippen LogP contribution in [0.25, 0.3) is 0 Å². The van der Waals surface area contributed by atoms with Gasteiger partial charge in [-0.3, -0.25) is 4.99 Å². The molecule has 2 aliphatic heterocycles. The van der Waals surface area contributed by atoms with Crippen molar-refractivity contribution in [3.05, 3.63) is 41.5 Å². The molecule has 0 aliphatic carbocycles. The maximum atomic E-state index is 5.97. The Morgan fingerprint density at radius 3 is 2.96 bits per heavy atom. The molecule has 7 nitrogen and oxygen atoms in total. The van der Waals surface area contributed by atoms with E-state index >= 15 is 0 Å². The molecule has 1 aromatic carbocycles. The minimum atomic E-state index is 0. The molecule has 146 valence electrons. The van der Waals surface area contributed by atoms with Gasteiger partial charge in [0.15, 0.2) is 11.8 Å². The number of guanidine groups is 1. The minimum Gasteiger partial charge on any atom is -0.488 e. The second kappa shape index (κ2) is 9.38. The molecule has 4 rings (SSSR count). The average Bonchev–Trinajstić information content (AvgIpc) is 3.18. The maximum absolute atomic E-state index is 5.97. The van der Waals surface area contributed by atoms with Crippen LogP contribution in [0.2, 0.25) is 0 Å². The summed E-state index contributed by atoms with van der Waals surface area (Å²) in [6.45, 7) is 2.35. The summed E-state index contributed by atoms with van der Waals surface area (Å²) in [7, 11) is 1.78. The first kappa shape index (κ1) is 19.9. The molecule has 0 saturated heterocycles. The molecule has 27 heavy (non-hydrogen) atoms. The van der Waals surface area contributed by atoms with E-state index in [2.05, 4.69) is 42.5 Å².